The zero-order valence-electron chi connectivity index (χ0n) is 13.2. The summed E-state index contributed by atoms with van der Waals surface area (Å²) < 4.78 is 49.7. The SMILES string of the molecule is COC(=O)c1c(-c2ccccc2C(F)(F)F)nc2c(c1C)C(=O)OC2. The molecule has 1 aromatic heterocycles. The van der Waals surface area contributed by atoms with Crippen molar-refractivity contribution in [3.8, 4) is 11.3 Å². The standard InChI is InChI=1S/C17H12F3NO4/c1-8-12-11(7-25-16(12)23)21-14(13(8)15(22)24-2)9-5-3-4-6-10(9)17(18,19)20/h3-6H,7H2,1-2H3. The van der Waals surface area contributed by atoms with Gasteiger partial charge in [-0.15, -0.1) is 0 Å². The third kappa shape index (κ3) is 2.73. The molecule has 0 N–H and O–H groups in total. The molecule has 1 aromatic carbocycles. The number of ether oxygens (including phenoxy) is 2. The minimum absolute atomic E-state index is 0.0913. The Morgan fingerprint density at radius 2 is 1.96 bits per heavy atom. The summed E-state index contributed by atoms with van der Waals surface area (Å²) in [6.45, 7) is 1.30. The van der Waals surface area contributed by atoms with Crippen LogP contribution in [0.15, 0.2) is 24.3 Å². The minimum atomic E-state index is -4.63. The van der Waals surface area contributed by atoms with Crippen molar-refractivity contribution < 1.29 is 32.2 Å². The van der Waals surface area contributed by atoms with Crippen molar-refractivity contribution in [3.05, 3.63) is 52.2 Å². The first-order valence-electron chi connectivity index (χ1n) is 7.21. The van der Waals surface area contributed by atoms with Crippen LogP contribution in [0.1, 0.15) is 37.5 Å². The number of cyclic esters (lactones) is 1. The summed E-state index contributed by atoms with van der Waals surface area (Å²) in [5, 5.41) is 0. The number of hydrogen-bond acceptors (Lipinski definition) is 5. The molecule has 0 saturated heterocycles. The van der Waals surface area contributed by atoms with Gasteiger partial charge in [0.15, 0.2) is 0 Å². The molecule has 0 saturated carbocycles. The summed E-state index contributed by atoms with van der Waals surface area (Å²) in [4.78, 5) is 28.2. The van der Waals surface area contributed by atoms with E-state index in [1.54, 1.807) is 0 Å². The maximum Gasteiger partial charge on any atom is 0.417 e. The predicted molar refractivity (Wildman–Crippen MR) is 79.9 cm³/mol. The van der Waals surface area contributed by atoms with Gasteiger partial charge in [-0.3, -0.25) is 0 Å². The largest absolute Gasteiger partial charge is 0.465 e. The molecule has 2 aromatic rings. The lowest BCUT2D eigenvalue weighted by molar-refractivity contribution is -0.137. The maximum atomic E-state index is 13.4. The molecule has 0 atom stereocenters. The number of carbonyl (C=O) groups excluding carboxylic acids is 2. The van der Waals surface area contributed by atoms with E-state index in [9.17, 15) is 22.8 Å². The number of hydrogen-bond donors (Lipinski definition) is 0. The first-order valence-corrected chi connectivity index (χ1v) is 7.21. The number of carbonyl (C=O) groups is 2. The van der Waals surface area contributed by atoms with Crippen LogP contribution in [-0.2, 0) is 22.3 Å². The molecule has 0 unspecified atom stereocenters. The van der Waals surface area contributed by atoms with Crippen LogP contribution in [0.2, 0.25) is 0 Å². The molecule has 25 heavy (non-hydrogen) atoms. The molecule has 1 aliphatic rings. The highest BCUT2D eigenvalue weighted by Crippen LogP contribution is 2.39. The van der Waals surface area contributed by atoms with Crippen molar-refractivity contribution in [3.63, 3.8) is 0 Å². The van der Waals surface area contributed by atoms with Gasteiger partial charge in [-0.1, -0.05) is 18.2 Å². The summed E-state index contributed by atoms with van der Waals surface area (Å²) in [5.41, 5.74) is -1.09. The molecule has 0 amide bonds. The van der Waals surface area contributed by atoms with E-state index in [1.165, 1.54) is 25.1 Å². The van der Waals surface area contributed by atoms with Crippen molar-refractivity contribution in [2.75, 3.05) is 7.11 Å². The van der Waals surface area contributed by atoms with Crippen LogP contribution >= 0.6 is 0 Å². The van der Waals surface area contributed by atoms with Gasteiger partial charge in [0, 0.05) is 5.56 Å². The van der Waals surface area contributed by atoms with E-state index in [4.69, 9.17) is 4.74 Å². The van der Waals surface area contributed by atoms with E-state index in [1.807, 2.05) is 0 Å². The van der Waals surface area contributed by atoms with Gasteiger partial charge in [0.1, 0.15) is 6.61 Å². The van der Waals surface area contributed by atoms with Gasteiger partial charge in [0.2, 0.25) is 0 Å². The Labute approximate surface area is 140 Å². The third-order valence-electron chi connectivity index (χ3n) is 3.94. The smallest absolute Gasteiger partial charge is 0.417 e. The summed E-state index contributed by atoms with van der Waals surface area (Å²) in [6, 6.07) is 4.79. The molecule has 2 heterocycles. The van der Waals surface area contributed by atoms with Crippen molar-refractivity contribution in [2.45, 2.75) is 19.7 Å². The van der Waals surface area contributed by atoms with Gasteiger partial charge < -0.3 is 9.47 Å². The second-order valence-corrected chi connectivity index (χ2v) is 5.39. The highest BCUT2D eigenvalue weighted by atomic mass is 19.4. The first kappa shape index (κ1) is 16.9. The molecule has 0 radical (unpaired) electrons. The van der Waals surface area contributed by atoms with Crippen LogP contribution in [0.3, 0.4) is 0 Å². The normalized spacial score (nSPS) is 13.4. The fourth-order valence-electron chi connectivity index (χ4n) is 2.83. The Bertz CT molecular complexity index is 890. The Balaban J connectivity index is 2.37. The van der Waals surface area contributed by atoms with Crippen LogP contribution in [0, 0.1) is 6.92 Å². The number of methoxy groups -OCH3 is 1. The predicted octanol–water partition coefficient (Wildman–Crippen LogP) is 3.53. The second-order valence-electron chi connectivity index (χ2n) is 5.39. The van der Waals surface area contributed by atoms with Crippen molar-refractivity contribution >= 4 is 11.9 Å². The lowest BCUT2D eigenvalue weighted by atomic mass is 9.94. The van der Waals surface area contributed by atoms with Gasteiger partial charge in [-0.2, -0.15) is 13.2 Å². The minimum Gasteiger partial charge on any atom is -0.465 e. The first-order chi connectivity index (χ1) is 11.8. The monoisotopic (exact) mass is 351 g/mol. The lowest BCUT2D eigenvalue weighted by Gasteiger charge is -2.16. The van der Waals surface area contributed by atoms with Gasteiger partial charge >= 0.3 is 18.1 Å². The van der Waals surface area contributed by atoms with Crippen molar-refractivity contribution in [1.82, 2.24) is 4.98 Å². The molecular weight excluding hydrogens is 339 g/mol. The maximum absolute atomic E-state index is 13.4. The van der Waals surface area contributed by atoms with Gasteiger partial charge in [-0.25, -0.2) is 14.6 Å². The summed E-state index contributed by atoms with van der Waals surface area (Å²) in [5.74, 6) is -1.54. The zero-order chi connectivity index (χ0) is 18.4. The van der Waals surface area contributed by atoms with E-state index in [0.717, 1.165) is 13.2 Å². The summed E-state index contributed by atoms with van der Waals surface area (Å²) in [6.07, 6.45) is -4.63. The Morgan fingerprint density at radius 3 is 2.60 bits per heavy atom. The molecule has 8 heteroatoms. The van der Waals surface area contributed by atoms with Crippen LogP contribution in [0.25, 0.3) is 11.3 Å². The van der Waals surface area contributed by atoms with Crippen LogP contribution in [0.5, 0.6) is 0 Å². The van der Waals surface area contributed by atoms with Gasteiger partial charge in [0.05, 0.1) is 35.2 Å². The van der Waals surface area contributed by atoms with Crippen LogP contribution in [0.4, 0.5) is 13.2 Å². The molecular formula is C17H12F3NO4. The van der Waals surface area contributed by atoms with E-state index in [2.05, 4.69) is 9.72 Å². The summed E-state index contributed by atoms with van der Waals surface area (Å²) >= 11 is 0. The number of fused-ring (bicyclic) bond motifs is 1. The highest BCUT2D eigenvalue weighted by Gasteiger charge is 2.37. The quantitative estimate of drug-likeness (QED) is 0.775. The summed E-state index contributed by atoms with van der Waals surface area (Å²) in [7, 11) is 1.10. The zero-order valence-corrected chi connectivity index (χ0v) is 13.2. The molecule has 130 valence electrons. The molecule has 1 aliphatic heterocycles. The lowest BCUT2D eigenvalue weighted by Crippen LogP contribution is -2.15. The molecule has 0 bridgehead atoms. The number of halogens is 3. The average molecular weight is 351 g/mol. The fraction of sp³-hybridized carbons (Fsp3) is 0.235. The number of esters is 2. The molecule has 5 nitrogen and oxygen atoms in total. The fourth-order valence-corrected chi connectivity index (χ4v) is 2.83. The Hall–Kier alpha value is -2.90. The van der Waals surface area contributed by atoms with E-state index in [0.29, 0.717) is 0 Å². The molecule has 0 spiro atoms. The van der Waals surface area contributed by atoms with Crippen molar-refractivity contribution in [2.24, 2.45) is 0 Å². The number of rotatable bonds is 2. The Kier molecular flexibility index (Phi) is 3.98. The molecule has 0 aliphatic carbocycles. The van der Waals surface area contributed by atoms with Gasteiger partial charge in [-0.05, 0) is 18.6 Å². The number of nitrogens with zero attached hydrogens (tertiary/aromatic N) is 1. The topological polar surface area (TPSA) is 65.5 Å². The van der Waals surface area contributed by atoms with E-state index in [-0.39, 0.29) is 40.2 Å². The van der Waals surface area contributed by atoms with Crippen molar-refractivity contribution in [1.29, 1.82) is 0 Å². The average Bonchev–Trinajstić information content (AvgIpc) is 2.94. The molecule has 3 rings (SSSR count). The van der Waals surface area contributed by atoms with E-state index >= 15 is 0 Å². The number of alkyl halides is 3. The number of aromatic nitrogens is 1. The van der Waals surface area contributed by atoms with Crippen LogP contribution < -0.4 is 0 Å². The third-order valence-corrected chi connectivity index (χ3v) is 3.94. The van der Waals surface area contributed by atoms with E-state index < -0.39 is 23.7 Å². The second kappa shape index (κ2) is 5.87. The molecule has 0 fully saturated rings. The number of benzene rings is 1. The number of pyridine rings is 1. The Morgan fingerprint density at radius 1 is 1.28 bits per heavy atom. The highest BCUT2D eigenvalue weighted by molar-refractivity contribution is 6.03. The van der Waals surface area contributed by atoms with Crippen LogP contribution in [-0.4, -0.2) is 24.0 Å². The van der Waals surface area contributed by atoms with Gasteiger partial charge in [0.25, 0.3) is 0 Å².